The lowest BCUT2D eigenvalue weighted by Gasteiger charge is -2.16. The summed E-state index contributed by atoms with van der Waals surface area (Å²) < 4.78 is 8.06. The Bertz CT molecular complexity index is 81.5. The molecule has 0 unspecified atom stereocenters. The van der Waals surface area contributed by atoms with E-state index in [4.69, 9.17) is 1.41 Å². The van der Waals surface area contributed by atoms with Crippen molar-refractivity contribution in [2.45, 2.75) is 40.0 Å². The van der Waals surface area contributed by atoms with E-state index in [1.807, 2.05) is 0 Å². The maximum Gasteiger partial charge on any atom is 0.348 e. The topological polar surface area (TPSA) is 4.44 Å². The van der Waals surface area contributed by atoms with Crippen LogP contribution in [0.4, 0.5) is 0 Å². The van der Waals surface area contributed by atoms with Gasteiger partial charge in [0.1, 0.15) is 0 Å². The molecule has 1 nitrogen and oxygen atoms in total. The molecule has 0 aromatic heterocycles. The third-order valence-electron chi connectivity index (χ3n) is 1.62. The normalized spacial score (nSPS) is 12.1. The minimum Gasteiger partial charge on any atom is -1.00 e. The smallest absolute Gasteiger partial charge is 0.348 e. The summed E-state index contributed by atoms with van der Waals surface area (Å²) in [5.74, 6) is 0. The van der Waals surface area contributed by atoms with Crippen molar-refractivity contribution in [2.24, 2.45) is 0 Å². The van der Waals surface area contributed by atoms with Gasteiger partial charge >= 0.3 is 1.41 Å². The Morgan fingerprint density at radius 1 is 0.909 bits per heavy atom. The van der Waals surface area contributed by atoms with Gasteiger partial charge in [0.05, 0.1) is 19.6 Å². The van der Waals surface area contributed by atoms with E-state index < -0.39 is 0 Å². The summed E-state index contributed by atoms with van der Waals surface area (Å²) >= 11 is 0. The van der Waals surface area contributed by atoms with Gasteiger partial charge in [-0.1, -0.05) is 20.8 Å². The Kier molecular flexibility index (Phi) is 10.5. The Morgan fingerprint density at radius 2 is 1.18 bits per heavy atom. The van der Waals surface area contributed by atoms with E-state index in [9.17, 15) is 0 Å². The Hall–Kier alpha value is 0.250. The molecule has 0 aromatic rings. The first-order valence-corrected chi connectivity index (χ1v) is 4.57. The van der Waals surface area contributed by atoms with Gasteiger partial charge in [-0.05, 0) is 19.3 Å². The summed E-state index contributed by atoms with van der Waals surface area (Å²) in [6.07, 6.45) is 3.39. The van der Waals surface area contributed by atoms with Crippen LogP contribution < -0.4 is 17.3 Å². The summed E-state index contributed by atoms with van der Waals surface area (Å²) in [4.78, 5) is 0.531. The molecule has 11 heavy (non-hydrogen) atoms. The minimum atomic E-state index is 0. The van der Waals surface area contributed by atoms with Gasteiger partial charge in [-0.15, -0.1) is 0 Å². The quantitative estimate of drug-likeness (QED) is 0.488. The number of rotatable bonds is 6. The van der Waals surface area contributed by atoms with Gasteiger partial charge in [-0.25, -0.2) is 0 Å². The third-order valence-corrected chi connectivity index (χ3v) is 1.62. The molecule has 0 aromatic carbocycles. The van der Waals surface area contributed by atoms with Crippen LogP contribution in [0.1, 0.15) is 40.0 Å². The number of nitrogens with one attached hydrogen (secondary N) is 1. The second-order valence-corrected chi connectivity index (χ2v) is 2.84. The van der Waals surface area contributed by atoms with Crippen LogP contribution in [0.15, 0.2) is 0 Å². The lowest BCUT2D eigenvalue weighted by molar-refractivity contribution is -0.900. The van der Waals surface area contributed by atoms with Crippen LogP contribution in [0.5, 0.6) is 0 Å². The highest BCUT2D eigenvalue weighted by molar-refractivity contribution is 4.29. The van der Waals surface area contributed by atoms with Crippen molar-refractivity contribution in [3.63, 3.8) is 0 Å². The van der Waals surface area contributed by atoms with Crippen molar-refractivity contribution in [1.29, 1.82) is 0 Å². The van der Waals surface area contributed by atoms with Crippen molar-refractivity contribution in [3.05, 3.63) is 0 Å². The van der Waals surface area contributed by atoms with Crippen molar-refractivity contribution >= 4 is 0 Å². The van der Waals surface area contributed by atoms with Crippen molar-refractivity contribution < 1.29 is 18.7 Å². The third kappa shape index (κ3) is 8.15. The van der Waals surface area contributed by atoms with Gasteiger partial charge in [0.15, 0.2) is 0 Å². The Labute approximate surface area is 79.0 Å². The summed E-state index contributed by atoms with van der Waals surface area (Å²) in [5.41, 5.74) is 0. The zero-order valence-corrected chi connectivity index (χ0v) is 8.82. The average Bonchev–Trinajstić information content (AvgIpc) is 1.88. The number of hydrogen-bond acceptors (Lipinski definition) is 0. The standard InChI is InChI=1S/C9H21N.ClH/c1-4-7-10(8-5-2)9-6-3;/h4-9H2,1-3H3;1H/i/hD. The van der Waals surface area contributed by atoms with E-state index in [-0.39, 0.29) is 12.4 Å². The van der Waals surface area contributed by atoms with E-state index in [1.165, 1.54) is 0 Å². The van der Waals surface area contributed by atoms with Crippen LogP contribution >= 0.6 is 0 Å². The molecular formula is C9H22ClN. The molecule has 0 rings (SSSR count). The molecule has 1 N–H and O–H groups in total. The van der Waals surface area contributed by atoms with E-state index in [1.54, 1.807) is 0 Å². The molecule has 0 radical (unpaired) electrons. The molecule has 0 spiro atoms. The fourth-order valence-corrected chi connectivity index (χ4v) is 1.28. The predicted octanol–water partition coefficient (Wildman–Crippen LogP) is -1.89. The first-order chi connectivity index (χ1) is 5.18. The monoisotopic (exact) mass is 180 g/mol. The molecular weight excluding hydrogens is 158 g/mol. The molecule has 0 bridgehead atoms. The highest BCUT2D eigenvalue weighted by Gasteiger charge is 2.01. The molecule has 0 aliphatic heterocycles. The highest BCUT2D eigenvalue weighted by atomic mass is 35.5. The van der Waals surface area contributed by atoms with E-state index in [0.717, 1.165) is 38.9 Å². The predicted molar refractivity (Wildman–Crippen MR) is 46.4 cm³/mol. The van der Waals surface area contributed by atoms with Crippen LogP contribution in [0, 0.1) is 0 Å². The minimum absolute atomic E-state index is 0. The first-order valence-electron chi connectivity index (χ1n) is 5.02. The summed E-state index contributed by atoms with van der Waals surface area (Å²) in [6, 6.07) is 0. The van der Waals surface area contributed by atoms with Crippen LogP contribution in [0.3, 0.4) is 0 Å². The maximum atomic E-state index is 8.06. The lowest BCUT2D eigenvalue weighted by atomic mass is 10.3. The van der Waals surface area contributed by atoms with Gasteiger partial charge in [-0.3, -0.25) is 0 Å². The fourth-order valence-electron chi connectivity index (χ4n) is 1.28. The summed E-state index contributed by atoms with van der Waals surface area (Å²) in [7, 11) is 0. The second kappa shape index (κ2) is 10.2. The van der Waals surface area contributed by atoms with Crippen molar-refractivity contribution in [3.8, 4) is 0 Å². The number of quaternary nitrogens is 1. The van der Waals surface area contributed by atoms with E-state index in [0.29, 0.717) is 4.89 Å². The van der Waals surface area contributed by atoms with Gasteiger partial charge in [0, 0.05) is 0 Å². The molecule has 70 valence electrons. The van der Waals surface area contributed by atoms with Gasteiger partial charge in [0.25, 0.3) is 0 Å². The van der Waals surface area contributed by atoms with Gasteiger partial charge in [0.2, 0.25) is 0 Å². The number of hydrogen-bond donors (Lipinski definition) is 1. The molecule has 0 amide bonds. The van der Waals surface area contributed by atoms with Crippen molar-refractivity contribution in [1.82, 2.24) is 0 Å². The molecule has 0 saturated carbocycles. The largest absolute Gasteiger partial charge is 1.00 e. The van der Waals surface area contributed by atoms with Crippen LogP contribution in [-0.4, -0.2) is 19.6 Å². The van der Waals surface area contributed by atoms with Crippen molar-refractivity contribution in [2.75, 3.05) is 19.6 Å². The first kappa shape index (κ1) is 11.2. The van der Waals surface area contributed by atoms with Crippen LogP contribution in [0.25, 0.3) is 0 Å². The molecule has 0 atom stereocenters. The molecule has 0 heterocycles. The molecule has 0 aliphatic rings. The molecule has 0 saturated heterocycles. The van der Waals surface area contributed by atoms with Crippen LogP contribution in [-0.2, 0) is 0 Å². The van der Waals surface area contributed by atoms with Crippen LogP contribution in [0.2, 0.25) is 1.41 Å². The summed E-state index contributed by atoms with van der Waals surface area (Å²) in [6.45, 7) is 9.53. The highest BCUT2D eigenvalue weighted by Crippen LogP contribution is 1.71. The zero-order valence-electron chi connectivity index (χ0n) is 9.07. The molecule has 2 heteroatoms. The SMILES string of the molecule is [2H][N+](CCC)(CCC)CCC.[Cl-]. The maximum absolute atomic E-state index is 8.06. The number of halogens is 1. The lowest BCUT2D eigenvalue weighted by Crippen LogP contribution is -3.11. The van der Waals surface area contributed by atoms with E-state index >= 15 is 0 Å². The zero-order chi connectivity index (χ0) is 8.74. The van der Waals surface area contributed by atoms with Gasteiger partial charge < -0.3 is 17.3 Å². The Morgan fingerprint density at radius 3 is 1.36 bits per heavy atom. The average molecular weight is 181 g/mol. The molecule has 0 fully saturated rings. The summed E-state index contributed by atoms with van der Waals surface area (Å²) in [5, 5.41) is 0. The molecule has 0 aliphatic carbocycles. The van der Waals surface area contributed by atoms with Gasteiger partial charge in [-0.2, -0.15) is 0 Å². The fraction of sp³-hybridized carbons (Fsp3) is 1.00. The Balaban J connectivity index is 0. The second-order valence-electron chi connectivity index (χ2n) is 2.84. The van der Waals surface area contributed by atoms with E-state index in [2.05, 4.69) is 20.8 Å².